The maximum absolute atomic E-state index is 13.0. The highest BCUT2D eigenvalue weighted by Gasteiger charge is 2.40. The molecule has 2 aliphatic rings. The van der Waals surface area contributed by atoms with Crippen molar-refractivity contribution >= 4 is 17.4 Å². The van der Waals surface area contributed by atoms with E-state index in [2.05, 4.69) is 9.80 Å². The Morgan fingerprint density at radius 2 is 1.85 bits per heavy atom. The van der Waals surface area contributed by atoms with Gasteiger partial charge in [-0.3, -0.25) is 4.90 Å². The van der Waals surface area contributed by atoms with E-state index in [1.165, 1.54) is 30.1 Å². The minimum Gasteiger partial charge on any atom is -0.369 e. The fraction of sp³-hybridized carbons (Fsp3) is 0.600. The summed E-state index contributed by atoms with van der Waals surface area (Å²) in [6.45, 7) is 4.86. The van der Waals surface area contributed by atoms with Gasteiger partial charge in [-0.15, -0.1) is 0 Å². The van der Waals surface area contributed by atoms with Gasteiger partial charge in [0.15, 0.2) is 0 Å². The smallest absolute Gasteiger partial charge is 0.123 e. The first-order chi connectivity index (χ1) is 9.73. The van der Waals surface area contributed by atoms with Gasteiger partial charge in [0.2, 0.25) is 0 Å². The number of anilines is 1. The lowest BCUT2D eigenvalue weighted by molar-refractivity contribution is 0.109. The molecule has 0 radical (unpaired) electrons. The fourth-order valence-electron chi connectivity index (χ4n) is 3.23. The lowest BCUT2D eigenvalue weighted by Crippen LogP contribution is -2.60. The maximum atomic E-state index is 13.0. The molecule has 2 N–H and O–H groups in total. The molecule has 1 atom stereocenters. The van der Waals surface area contributed by atoms with Gasteiger partial charge in [-0.25, -0.2) is 4.39 Å². The van der Waals surface area contributed by atoms with Crippen LogP contribution in [0.25, 0.3) is 0 Å². The predicted molar refractivity (Wildman–Crippen MR) is 83.9 cm³/mol. The van der Waals surface area contributed by atoms with E-state index in [1.54, 1.807) is 0 Å². The summed E-state index contributed by atoms with van der Waals surface area (Å²) in [7, 11) is 0. The van der Waals surface area contributed by atoms with Crippen molar-refractivity contribution in [2.24, 2.45) is 5.73 Å². The van der Waals surface area contributed by atoms with Crippen LogP contribution in [0.2, 0.25) is 0 Å². The second kappa shape index (κ2) is 5.92. The number of thioether (sulfide) groups is 1. The van der Waals surface area contributed by atoms with Crippen molar-refractivity contribution in [2.75, 3.05) is 49.1 Å². The molecular weight excluding hydrogens is 273 g/mol. The number of piperazine rings is 1. The number of rotatable bonds is 3. The maximum Gasteiger partial charge on any atom is 0.123 e. The molecule has 110 valence electrons. The predicted octanol–water partition coefficient (Wildman–Crippen LogP) is 1.78. The molecule has 0 bridgehead atoms. The highest BCUT2D eigenvalue weighted by Crippen LogP contribution is 2.33. The second-order valence-corrected chi connectivity index (χ2v) is 6.79. The van der Waals surface area contributed by atoms with E-state index >= 15 is 0 Å². The van der Waals surface area contributed by atoms with Crippen LogP contribution in [0.5, 0.6) is 0 Å². The Hall–Kier alpha value is -0.780. The SMILES string of the molecule is NCC1(N2CCN(c3ccc(F)cc3)CC2)CCSC1. The highest BCUT2D eigenvalue weighted by molar-refractivity contribution is 7.99. The van der Waals surface area contributed by atoms with Gasteiger partial charge >= 0.3 is 0 Å². The summed E-state index contributed by atoms with van der Waals surface area (Å²) in [6.07, 6.45) is 1.21. The van der Waals surface area contributed by atoms with Crippen molar-refractivity contribution in [1.82, 2.24) is 4.90 Å². The minimum absolute atomic E-state index is 0.169. The molecule has 2 saturated heterocycles. The van der Waals surface area contributed by atoms with E-state index in [4.69, 9.17) is 5.73 Å². The standard InChI is InChI=1S/C15H22FN3S/c16-13-1-3-14(4-2-13)18-6-8-19(9-7-18)15(11-17)5-10-20-12-15/h1-4H,5-12,17H2. The molecule has 0 aromatic heterocycles. The van der Waals surface area contributed by atoms with Gasteiger partial charge in [0.25, 0.3) is 0 Å². The third kappa shape index (κ3) is 2.67. The van der Waals surface area contributed by atoms with Gasteiger partial charge < -0.3 is 10.6 Å². The fourth-order valence-corrected chi connectivity index (χ4v) is 4.72. The zero-order valence-electron chi connectivity index (χ0n) is 11.7. The molecule has 2 heterocycles. The first kappa shape index (κ1) is 14.2. The van der Waals surface area contributed by atoms with Gasteiger partial charge in [-0.05, 0) is 36.4 Å². The summed E-state index contributed by atoms with van der Waals surface area (Å²) < 4.78 is 13.0. The van der Waals surface area contributed by atoms with Crippen LogP contribution >= 0.6 is 11.8 Å². The highest BCUT2D eigenvalue weighted by atomic mass is 32.2. The van der Waals surface area contributed by atoms with Crippen LogP contribution in [0.3, 0.4) is 0 Å². The van der Waals surface area contributed by atoms with Gasteiger partial charge in [-0.1, -0.05) is 0 Å². The lowest BCUT2D eigenvalue weighted by Gasteiger charge is -2.45. The summed E-state index contributed by atoms with van der Waals surface area (Å²) in [5.74, 6) is 2.23. The first-order valence-electron chi connectivity index (χ1n) is 7.27. The lowest BCUT2D eigenvalue weighted by atomic mass is 9.95. The first-order valence-corrected chi connectivity index (χ1v) is 8.42. The van der Waals surface area contributed by atoms with E-state index in [0.29, 0.717) is 0 Å². The molecule has 1 unspecified atom stereocenters. The Morgan fingerprint density at radius 1 is 1.15 bits per heavy atom. The summed E-state index contributed by atoms with van der Waals surface area (Å²) in [5, 5.41) is 0. The Balaban J connectivity index is 1.63. The Morgan fingerprint density at radius 3 is 2.40 bits per heavy atom. The largest absolute Gasteiger partial charge is 0.369 e. The normalized spacial score (nSPS) is 28.0. The molecule has 0 amide bonds. The van der Waals surface area contributed by atoms with Crippen LogP contribution in [0.15, 0.2) is 24.3 Å². The average molecular weight is 295 g/mol. The quantitative estimate of drug-likeness (QED) is 0.921. The zero-order valence-corrected chi connectivity index (χ0v) is 12.5. The van der Waals surface area contributed by atoms with Gasteiger partial charge in [0, 0.05) is 49.7 Å². The molecular formula is C15H22FN3S. The third-order valence-electron chi connectivity index (χ3n) is 4.60. The number of hydrogen-bond donors (Lipinski definition) is 1. The Bertz CT molecular complexity index is 437. The molecule has 2 aliphatic heterocycles. The van der Waals surface area contributed by atoms with Gasteiger partial charge in [-0.2, -0.15) is 11.8 Å². The summed E-state index contributed by atoms with van der Waals surface area (Å²) in [6, 6.07) is 6.82. The van der Waals surface area contributed by atoms with E-state index in [9.17, 15) is 4.39 Å². The number of benzene rings is 1. The number of hydrogen-bond acceptors (Lipinski definition) is 4. The molecule has 2 fully saturated rings. The van der Waals surface area contributed by atoms with E-state index < -0.39 is 0 Å². The number of nitrogens with two attached hydrogens (primary N) is 1. The molecule has 0 saturated carbocycles. The van der Waals surface area contributed by atoms with Crippen molar-refractivity contribution in [3.05, 3.63) is 30.1 Å². The average Bonchev–Trinajstić information content (AvgIpc) is 2.98. The number of nitrogens with zero attached hydrogens (tertiary/aromatic N) is 2. The summed E-state index contributed by atoms with van der Waals surface area (Å²) >= 11 is 2.02. The van der Waals surface area contributed by atoms with Crippen molar-refractivity contribution in [1.29, 1.82) is 0 Å². The van der Waals surface area contributed by atoms with E-state index in [1.807, 2.05) is 23.9 Å². The third-order valence-corrected chi connectivity index (χ3v) is 5.84. The summed E-state index contributed by atoms with van der Waals surface area (Å²) in [5.41, 5.74) is 7.39. The topological polar surface area (TPSA) is 32.5 Å². The Labute approximate surface area is 124 Å². The molecule has 0 aliphatic carbocycles. The van der Waals surface area contributed by atoms with Crippen molar-refractivity contribution in [3.8, 4) is 0 Å². The van der Waals surface area contributed by atoms with Crippen LogP contribution in [0.1, 0.15) is 6.42 Å². The van der Waals surface area contributed by atoms with Crippen LogP contribution in [0.4, 0.5) is 10.1 Å². The molecule has 3 nitrogen and oxygen atoms in total. The summed E-state index contributed by atoms with van der Waals surface area (Å²) in [4.78, 5) is 4.91. The number of halogens is 1. The Kier molecular flexibility index (Phi) is 4.19. The van der Waals surface area contributed by atoms with Crippen LogP contribution in [0, 0.1) is 5.82 Å². The second-order valence-electron chi connectivity index (χ2n) is 5.68. The van der Waals surface area contributed by atoms with Crippen LogP contribution in [-0.4, -0.2) is 54.7 Å². The molecule has 0 spiro atoms. The van der Waals surface area contributed by atoms with E-state index in [-0.39, 0.29) is 11.4 Å². The molecule has 3 rings (SSSR count). The minimum atomic E-state index is -0.169. The molecule has 1 aromatic rings. The van der Waals surface area contributed by atoms with E-state index in [0.717, 1.165) is 38.4 Å². The van der Waals surface area contributed by atoms with Crippen molar-refractivity contribution in [3.63, 3.8) is 0 Å². The molecule has 5 heteroatoms. The monoisotopic (exact) mass is 295 g/mol. The molecule has 20 heavy (non-hydrogen) atoms. The van der Waals surface area contributed by atoms with Crippen LogP contribution in [-0.2, 0) is 0 Å². The van der Waals surface area contributed by atoms with Crippen molar-refractivity contribution < 1.29 is 4.39 Å². The van der Waals surface area contributed by atoms with Crippen molar-refractivity contribution in [2.45, 2.75) is 12.0 Å². The molecule has 1 aromatic carbocycles. The van der Waals surface area contributed by atoms with Crippen LogP contribution < -0.4 is 10.6 Å². The zero-order chi connectivity index (χ0) is 14.0. The van der Waals surface area contributed by atoms with Gasteiger partial charge in [0.05, 0.1) is 0 Å². The van der Waals surface area contributed by atoms with Gasteiger partial charge in [0.1, 0.15) is 5.82 Å².